The van der Waals surface area contributed by atoms with Gasteiger partial charge in [0.05, 0.1) is 13.2 Å². The van der Waals surface area contributed by atoms with Crippen molar-refractivity contribution in [3.8, 4) is 11.5 Å². The Morgan fingerprint density at radius 2 is 1.75 bits per heavy atom. The highest BCUT2D eigenvalue weighted by atomic mass is 19.1. The number of halogens is 1. The number of rotatable bonds is 8. The number of piperidine rings is 1. The molecule has 2 aromatic rings. The Bertz CT molecular complexity index is 778. The minimum absolute atomic E-state index is 0.0221. The lowest BCUT2D eigenvalue weighted by Crippen LogP contribution is -2.41. The molecule has 1 atom stereocenters. The number of para-hydroxylation sites is 2. The summed E-state index contributed by atoms with van der Waals surface area (Å²) in [4.78, 5) is 14.7. The first-order chi connectivity index (χ1) is 13.7. The first-order valence-corrected chi connectivity index (χ1v) is 9.70. The highest BCUT2D eigenvalue weighted by molar-refractivity contribution is 5.77. The number of likely N-dealkylation sites (tertiary alicyclic amines) is 1. The average molecular weight is 386 g/mol. The molecule has 28 heavy (non-hydrogen) atoms. The predicted octanol–water partition coefficient (Wildman–Crippen LogP) is 3.56. The van der Waals surface area contributed by atoms with E-state index < -0.39 is 5.82 Å². The third-order valence-corrected chi connectivity index (χ3v) is 5.02. The molecule has 1 amide bonds. The molecule has 1 N–H and O–H groups in total. The molecule has 150 valence electrons. The minimum Gasteiger partial charge on any atom is -0.496 e. The van der Waals surface area contributed by atoms with Crippen LogP contribution in [0.4, 0.5) is 4.39 Å². The molecular formula is C22H27FN2O3. The summed E-state index contributed by atoms with van der Waals surface area (Å²) >= 11 is 0. The van der Waals surface area contributed by atoms with Gasteiger partial charge in [-0.05, 0) is 44.1 Å². The Hall–Kier alpha value is -2.60. The Balaban J connectivity index is 1.64. The number of amides is 1. The monoisotopic (exact) mass is 386 g/mol. The van der Waals surface area contributed by atoms with Crippen LogP contribution >= 0.6 is 0 Å². The molecule has 1 aliphatic rings. The third kappa shape index (κ3) is 5.23. The number of ether oxygens (including phenoxy) is 2. The van der Waals surface area contributed by atoms with E-state index in [-0.39, 0.29) is 24.3 Å². The highest BCUT2D eigenvalue weighted by Gasteiger charge is 2.25. The van der Waals surface area contributed by atoms with Crippen LogP contribution in [0.25, 0.3) is 0 Å². The lowest BCUT2D eigenvalue weighted by atomic mass is 10.0. The largest absolute Gasteiger partial charge is 0.496 e. The van der Waals surface area contributed by atoms with Crippen LogP contribution in [0, 0.1) is 5.82 Å². The number of nitrogens with zero attached hydrogens (tertiary/aromatic N) is 1. The molecule has 0 aromatic heterocycles. The first kappa shape index (κ1) is 20.1. The van der Waals surface area contributed by atoms with Gasteiger partial charge in [0.1, 0.15) is 5.75 Å². The first-order valence-electron chi connectivity index (χ1n) is 9.70. The summed E-state index contributed by atoms with van der Waals surface area (Å²) in [5, 5.41) is 2.94. The molecule has 0 bridgehead atoms. The van der Waals surface area contributed by atoms with Crippen LogP contribution in [0.1, 0.15) is 30.9 Å². The molecule has 0 spiro atoms. The molecule has 0 aliphatic carbocycles. The van der Waals surface area contributed by atoms with Gasteiger partial charge in [-0.15, -0.1) is 0 Å². The zero-order chi connectivity index (χ0) is 19.8. The molecule has 1 fully saturated rings. The van der Waals surface area contributed by atoms with Crippen molar-refractivity contribution < 1.29 is 18.7 Å². The van der Waals surface area contributed by atoms with Crippen LogP contribution in [-0.2, 0) is 4.79 Å². The Kier molecular flexibility index (Phi) is 7.25. The Morgan fingerprint density at radius 1 is 1.07 bits per heavy atom. The second kappa shape index (κ2) is 10.1. The van der Waals surface area contributed by atoms with Crippen LogP contribution in [0.2, 0.25) is 0 Å². The van der Waals surface area contributed by atoms with Gasteiger partial charge in [0.25, 0.3) is 5.91 Å². The predicted molar refractivity (Wildman–Crippen MR) is 106 cm³/mol. The van der Waals surface area contributed by atoms with Crippen molar-refractivity contribution in [2.45, 2.75) is 25.3 Å². The molecule has 1 saturated heterocycles. The topological polar surface area (TPSA) is 50.8 Å². The van der Waals surface area contributed by atoms with E-state index >= 15 is 0 Å². The molecule has 1 heterocycles. The maximum absolute atomic E-state index is 13.6. The summed E-state index contributed by atoms with van der Waals surface area (Å²) in [6.45, 7) is 2.20. The molecule has 5 nitrogen and oxygen atoms in total. The normalized spacial score (nSPS) is 15.6. The maximum atomic E-state index is 13.6. The number of nitrogens with one attached hydrogen (secondary N) is 1. The number of hydrogen-bond acceptors (Lipinski definition) is 4. The lowest BCUT2D eigenvalue weighted by Gasteiger charge is -2.35. The van der Waals surface area contributed by atoms with Crippen molar-refractivity contribution in [3.05, 3.63) is 59.9 Å². The zero-order valence-corrected chi connectivity index (χ0v) is 16.2. The van der Waals surface area contributed by atoms with E-state index in [0.717, 1.165) is 37.2 Å². The van der Waals surface area contributed by atoms with E-state index in [1.54, 1.807) is 19.2 Å². The second-order valence-electron chi connectivity index (χ2n) is 6.88. The average Bonchev–Trinajstić information content (AvgIpc) is 2.74. The summed E-state index contributed by atoms with van der Waals surface area (Å²) in [6, 6.07) is 14.0. The fraction of sp³-hybridized carbons (Fsp3) is 0.409. The van der Waals surface area contributed by atoms with E-state index in [4.69, 9.17) is 9.47 Å². The summed E-state index contributed by atoms with van der Waals surface area (Å²) in [6.07, 6.45) is 3.53. The number of carbonyl (C=O) groups excluding carboxylic acids is 1. The van der Waals surface area contributed by atoms with Gasteiger partial charge in [0, 0.05) is 12.1 Å². The standard InChI is InChI=1S/C22H27FN2O3/c1-27-20-11-5-3-9-17(20)19(25-13-7-2-8-14-25)15-24-22(26)16-28-21-12-6-4-10-18(21)23/h3-6,9-12,19H,2,7-8,13-16H2,1H3,(H,24,26). The van der Waals surface area contributed by atoms with Gasteiger partial charge < -0.3 is 14.8 Å². The van der Waals surface area contributed by atoms with Crippen molar-refractivity contribution in [2.24, 2.45) is 0 Å². The number of carbonyl (C=O) groups is 1. The van der Waals surface area contributed by atoms with Crippen LogP contribution in [0.5, 0.6) is 11.5 Å². The van der Waals surface area contributed by atoms with Gasteiger partial charge in [-0.2, -0.15) is 0 Å². The van der Waals surface area contributed by atoms with Gasteiger partial charge in [-0.25, -0.2) is 4.39 Å². The van der Waals surface area contributed by atoms with Crippen molar-refractivity contribution in [1.29, 1.82) is 0 Å². The van der Waals surface area contributed by atoms with Crippen LogP contribution in [0.15, 0.2) is 48.5 Å². The quantitative estimate of drug-likeness (QED) is 0.754. The molecule has 3 rings (SSSR count). The minimum atomic E-state index is -0.476. The highest BCUT2D eigenvalue weighted by Crippen LogP contribution is 2.30. The fourth-order valence-electron chi connectivity index (χ4n) is 3.57. The molecule has 1 unspecified atom stereocenters. The molecule has 0 radical (unpaired) electrons. The summed E-state index contributed by atoms with van der Waals surface area (Å²) in [5.41, 5.74) is 1.06. The van der Waals surface area contributed by atoms with Crippen molar-refractivity contribution in [1.82, 2.24) is 10.2 Å². The van der Waals surface area contributed by atoms with Gasteiger partial charge in [-0.3, -0.25) is 9.69 Å². The lowest BCUT2D eigenvalue weighted by molar-refractivity contribution is -0.123. The third-order valence-electron chi connectivity index (χ3n) is 5.02. The zero-order valence-electron chi connectivity index (χ0n) is 16.2. The Labute approximate surface area is 165 Å². The molecule has 1 aliphatic heterocycles. The van der Waals surface area contributed by atoms with Crippen LogP contribution in [-0.4, -0.2) is 44.2 Å². The van der Waals surface area contributed by atoms with Gasteiger partial charge in [0.2, 0.25) is 0 Å². The molecule has 6 heteroatoms. The summed E-state index contributed by atoms with van der Waals surface area (Å²) in [7, 11) is 1.66. The van der Waals surface area contributed by atoms with Gasteiger partial charge in [0.15, 0.2) is 18.2 Å². The second-order valence-corrected chi connectivity index (χ2v) is 6.88. The number of hydrogen-bond donors (Lipinski definition) is 1. The number of benzene rings is 2. The van der Waals surface area contributed by atoms with E-state index in [0.29, 0.717) is 6.54 Å². The van der Waals surface area contributed by atoms with Crippen molar-refractivity contribution >= 4 is 5.91 Å². The van der Waals surface area contributed by atoms with Crippen molar-refractivity contribution in [2.75, 3.05) is 33.4 Å². The maximum Gasteiger partial charge on any atom is 0.258 e. The van der Waals surface area contributed by atoms with E-state index in [9.17, 15) is 9.18 Å². The SMILES string of the molecule is COc1ccccc1C(CNC(=O)COc1ccccc1F)N1CCCCC1. The van der Waals surface area contributed by atoms with E-state index in [2.05, 4.69) is 10.2 Å². The molecule has 0 saturated carbocycles. The smallest absolute Gasteiger partial charge is 0.258 e. The van der Waals surface area contributed by atoms with E-state index in [1.807, 2.05) is 24.3 Å². The van der Waals surface area contributed by atoms with Crippen LogP contribution < -0.4 is 14.8 Å². The number of methoxy groups -OCH3 is 1. The van der Waals surface area contributed by atoms with Gasteiger partial charge in [-0.1, -0.05) is 36.8 Å². The Morgan fingerprint density at radius 3 is 2.46 bits per heavy atom. The van der Waals surface area contributed by atoms with Crippen LogP contribution in [0.3, 0.4) is 0 Å². The van der Waals surface area contributed by atoms with Crippen molar-refractivity contribution in [3.63, 3.8) is 0 Å². The van der Waals surface area contributed by atoms with Gasteiger partial charge >= 0.3 is 0 Å². The molecule has 2 aromatic carbocycles. The van der Waals surface area contributed by atoms with E-state index in [1.165, 1.54) is 18.6 Å². The molecular weight excluding hydrogens is 359 g/mol. The fourth-order valence-corrected chi connectivity index (χ4v) is 3.57. The summed E-state index contributed by atoms with van der Waals surface area (Å²) < 4.78 is 24.5. The summed E-state index contributed by atoms with van der Waals surface area (Å²) in [5.74, 6) is 0.139.